The summed E-state index contributed by atoms with van der Waals surface area (Å²) in [7, 11) is 1.61. The van der Waals surface area contributed by atoms with Gasteiger partial charge in [0.2, 0.25) is 0 Å². The largest absolute Gasteiger partial charge is 0.497 e. The lowest BCUT2D eigenvalue weighted by molar-refractivity contribution is 0.242. The quantitative estimate of drug-likeness (QED) is 0.935. The van der Waals surface area contributed by atoms with E-state index >= 15 is 0 Å². The average Bonchev–Trinajstić information content (AvgIpc) is 2.89. The Balaban J connectivity index is 2.10. The van der Waals surface area contributed by atoms with Gasteiger partial charge in [-0.1, -0.05) is 12.1 Å². The summed E-state index contributed by atoms with van der Waals surface area (Å²) < 4.78 is 24.9. The summed E-state index contributed by atoms with van der Waals surface area (Å²) in [4.78, 5) is 0. The van der Waals surface area contributed by atoms with Gasteiger partial charge in [0.1, 0.15) is 23.4 Å². The van der Waals surface area contributed by atoms with Gasteiger partial charge in [-0.15, -0.1) is 0 Å². The van der Waals surface area contributed by atoms with Gasteiger partial charge in [0.25, 0.3) is 0 Å². The van der Waals surface area contributed by atoms with Crippen LogP contribution < -0.4 is 15.2 Å². The van der Waals surface area contributed by atoms with Crippen LogP contribution in [0.1, 0.15) is 5.56 Å². The normalized spacial score (nSPS) is 16.6. The van der Waals surface area contributed by atoms with Crippen LogP contribution in [0.25, 0.3) is 11.1 Å². The minimum atomic E-state index is -0.261. The summed E-state index contributed by atoms with van der Waals surface area (Å²) in [6.07, 6.45) is 0.580. The van der Waals surface area contributed by atoms with E-state index in [0.29, 0.717) is 13.0 Å². The second-order valence-corrected chi connectivity index (χ2v) is 4.85. The number of halogens is 1. The van der Waals surface area contributed by atoms with Crippen molar-refractivity contribution in [3.05, 3.63) is 47.8 Å². The SMILES string of the molecule is COc1cccc(-c2cc(F)cc3c2O[C@@H](CN)C3)c1. The van der Waals surface area contributed by atoms with Crippen LogP contribution in [0, 0.1) is 5.82 Å². The van der Waals surface area contributed by atoms with E-state index < -0.39 is 0 Å². The molecule has 0 unspecified atom stereocenters. The summed E-state index contributed by atoms with van der Waals surface area (Å²) in [5.74, 6) is 1.20. The Morgan fingerprint density at radius 1 is 1.35 bits per heavy atom. The maximum atomic E-state index is 13.8. The molecule has 0 aromatic heterocycles. The highest BCUT2D eigenvalue weighted by Crippen LogP contribution is 2.40. The molecule has 0 fully saturated rings. The second kappa shape index (κ2) is 5.13. The molecule has 0 spiro atoms. The molecule has 1 aliphatic heterocycles. The zero-order valence-electron chi connectivity index (χ0n) is 11.2. The van der Waals surface area contributed by atoms with Gasteiger partial charge in [0, 0.05) is 24.1 Å². The maximum absolute atomic E-state index is 13.8. The first kappa shape index (κ1) is 12.9. The van der Waals surface area contributed by atoms with Crippen LogP contribution in [0.2, 0.25) is 0 Å². The standard InChI is InChI=1S/C16H16FNO2/c1-19-13-4-2-3-10(6-13)15-8-12(17)5-11-7-14(9-18)20-16(11)15/h2-6,8,14H,7,9,18H2,1H3/t14-/m1/s1. The van der Waals surface area contributed by atoms with E-state index in [0.717, 1.165) is 28.2 Å². The number of hydrogen-bond donors (Lipinski definition) is 1. The molecular weight excluding hydrogens is 257 g/mol. The topological polar surface area (TPSA) is 44.5 Å². The van der Waals surface area contributed by atoms with Crippen molar-refractivity contribution in [2.75, 3.05) is 13.7 Å². The highest BCUT2D eigenvalue weighted by molar-refractivity contribution is 5.74. The zero-order valence-corrected chi connectivity index (χ0v) is 11.2. The van der Waals surface area contributed by atoms with Crippen molar-refractivity contribution >= 4 is 0 Å². The van der Waals surface area contributed by atoms with Crippen LogP contribution in [0.5, 0.6) is 11.5 Å². The molecule has 1 heterocycles. The van der Waals surface area contributed by atoms with E-state index in [1.54, 1.807) is 7.11 Å². The van der Waals surface area contributed by atoms with Crippen molar-refractivity contribution in [3.63, 3.8) is 0 Å². The third-order valence-corrected chi connectivity index (χ3v) is 3.51. The fraction of sp³-hybridized carbons (Fsp3) is 0.250. The Kier molecular flexibility index (Phi) is 3.32. The van der Waals surface area contributed by atoms with Gasteiger partial charge in [0.15, 0.2) is 0 Å². The number of ether oxygens (including phenoxy) is 2. The molecule has 0 amide bonds. The van der Waals surface area contributed by atoms with E-state index in [1.807, 2.05) is 24.3 Å². The third kappa shape index (κ3) is 2.23. The molecule has 0 aliphatic carbocycles. The van der Waals surface area contributed by atoms with E-state index in [2.05, 4.69) is 0 Å². The van der Waals surface area contributed by atoms with Gasteiger partial charge in [-0.3, -0.25) is 0 Å². The van der Waals surface area contributed by atoms with Gasteiger partial charge in [-0.25, -0.2) is 4.39 Å². The van der Waals surface area contributed by atoms with Crippen molar-refractivity contribution in [2.24, 2.45) is 5.73 Å². The molecule has 2 aromatic carbocycles. The molecule has 0 saturated carbocycles. The van der Waals surface area contributed by atoms with Crippen LogP contribution >= 0.6 is 0 Å². The lowest BCUT2D eigenvalue weighted by Crippen LogP contribution is -2.24. The van der Waals surface area contributed by atoms with Gasteiger partial charge >= 0.3 is 0 Å². The number of hydrogen-bond acceptors (Lipinski definition) is 3. The number of methoxy groups -OCH3 is 1. The third-order valence-electron chi connectivity index (χ3n) is 3.51. The Morgan fingerprint density at radius 3 is 2.95 bits per heavy atom. The molecule has 1 atom stereocenters. The molecule has 0 bridgehead atoms. The first-order valence-electron chi connectivity index (χ1n) is 6.55. The Hall–Kier alpha value is -2.07. The molecular formula is C16H16FNO2. The summed E-state index contributed by atoms with van der Waals surface area (Å²) in [5.41, 5.74) is 8.14. The molecule has 0 radical (unpaired) electrons. The van der Waals surface area contributed by atoms with Gasteiger partial charge in [-0.05, 0) is 29.8 Å². The van der Waals surface area contributed by atoms with Crippen molar-refractivity contribution in [1.82, 2.24) is 0 Å². The minimum Gasteiger partial charge on any atom is -0.497 e. The lowest BCUT2D eigenvalue weighted by Gasteiger charge is -2.12. The Labute approximate surface area is 117 Å². The number of benzene rings is 2. The Morgan fingerprint density at radius 2 is 2.20 bits per heavy atom. The second-order valence-electron chi connectivity index (χ2n) is 4.85. The predicted octanol–water partition coefficient (Wildman–Crippen LogP) is 2.76. The lowest BCUT2D eigenvalue weighted by atomic mass is 10.00. The van der Waals surface area contributed by atoms with Crippen LogP contribution in [-0.2, 0) is 6.42 Å². The molecule has 3 nitrogen and oxygen atoms in total. The summed E-state index contributed by atoms with van der Waals surface area (Å²) >= 11 is 0. The van der Waals surface area contributed by atoms with Gasteiger partial charge in [-0.2, -0.15) is 0 Å². The summed E-state index contributed by atoms with van der Waals surface area (Å²) in [6.45, 7) is 0.424. The van der Waals surface area contributed by atoms with Crippen LogP contribution in [-0.4, -0.2) is 19.8 Å². The smallest absolute Gasteiger partial charge is 0.131 e. The predicted molar refractivity (Wildman–Crippen MR) is 75.6 cm³/mol. The van der Waals surface area contributed by atoms with E-state index in [9.17, 15) is 4.39 Å². The molecule has 0 saturated heterocycles. The van der Waals surface area contributed by atoms with E-state index in [1.165, 1.54) is 12.1 Å². The van der Waals surface area contributed by atoms with Crippen LogP contribution in [0.3, 0.4) is 0 Å². The van der Waals surface area contributed by atoms with Crippen LogP contribution in [0.15, 0.2) is 36.4 Å². The van der Waals surface area contributed by atoms with E-state index in [4.69, 9.17) is 15.2 Å². The van der Waals surface area contributed by atoms with Crippen LogP contribution in [0.4, 0.5) is 4.39 Å². The first-order valence-corrected chi connectivity index (χ1v) is 6.55. The van der Waals surface area contributed by atoms with E-state index in [-0.39, 0.29) is 11.9 Å². The zero-order chi connectivity index (χ0) is 14.1. The number of nitrogens with two attached hydrogens (primary N) is 1. The molecule has 2 N–H and O–H groups in total. The van der Waals surface area contributed by atoms with Crippen molar-refractivity contribution in [3.8, 4) is 22.6 Å². The molecule has 4 heteroatoms. The fourth-order valence-electron chi connectivity index (χ4n) is 2.53. The minimum absolute atomic E-state index is 0.0730. The molecule has 104 valence electrons. The highest BCUT2D eigenvalue weighted by atomic mass is 19.1. The number of rotatable bonds is 3. The van der Waals surface area contributed by atoms with Gasteiger partial charge in [0.05, 0.1) is 7.11 Å². The Bertz CT molecular complexity index is 642. The summed E-state index contributed by atoms with van der Waals surface area (Å²) in [5, 5.41) is 0. The van der Waals surface area contributed by atoms with Crippen molar-refractivity contribution in [1.29, 1.82) is 0 Å². The average molecular weight is 273 g/mol. The first-order chi connectivity index (χ1) is 9.71. The molecule has 20 heavy (non-hydrogen) atoms. The number of fused-ring (bicyclic) bond motifs is 1. The van der Waals surface area contributed by atoms with Crippen molar-refractivity contribution < 1.29 is 13.9 Å². The molecule has 2 aromatic rings. The monoisotopic (exact) mass is 273 g/mol. The van der Waals surface area contributed by atoms with Crippen molar-refractivity contribution in [2.45, 2.75) is 12.5 Å². The fourth-order valence-corrected chi connectivity index (χ4v) is 2.53. The molecule has 3 rings (SSSR count). The molecule has 1 aliphatic rings. The maximum Gasteiger partial charge on any atom is 0.131 e. The highest BCUT2D eigenvalue weighted by Gasteiger charge is 2.26. The summed E-state index contributed by atoms with van der Waals surface area (Å²) in [6, 6.07) is 10.5. The van der Waals surface area contributed by atoms with Gasteiger partial charge < -0.3 is 15.2 Å².